The summed E-state index contributed by atoms with van der Waals surface area (Å²) in [5.41, 5.74) is -0.476. The molecule has 0 aliphatic rings. The Bertz CT molecular complexity index is 945. The molecule has 0 heterocycles. The number of hydrogen-bond acceptors (Lipinski definition) is 6. The smallest absolute Gasteiger partial charge is 0.298 e. The van der Waals surface area contributed by atoms with Gasteiger partial charge in [-0.1, -0.05) is 12.1 Å². The fourth-order valence-electron chi connectivity index (χ4n) is 1.84. The average Bonchev–Trinajstić information content (AvgIpc) is 2.37. The first-order chi connectivity index (χ1) is 10.0. The molecule has 0 aliphatic heterocycles. The summed E-state index contributed by atoms with van der Waals surface area (Å²) in [7, 11) is -9.28. The van der Waals surface area contributed by atoms with Gasteiger partial charge in [-0.3, -0.25) is 9.11 Å². The van der Waals surface area contributed by atoms with E-state index in [1.54, 1.807) is 0 Å². The van der Waals surface area contributed by atoms with Gasteiger partial charge in [0.25, 0.3) is 20.2 Å². The second-order valence-corrected chi connectivity index (χ2v) is 7.09. The summed E-state index contributed by atoms with van der Waals surface area (Å²) in [5.74, 6) is -1.33. The number of phenolic OH excluding ortho intramolecular Hbond substituents is 2. The molecule has 0 amide bonds. The topological polar surface area (TPSA) is 149 Å². The maximum Gasteiger partial charge on any atom is 0.298 e. The normalized spacial score (nSPS) is 12.3. The summed E-state index contributed by atoms with van der Waals surface area (Å²) in [6.45, 7) is 0. The van der Waals surface area contributed by atoms with E-state index in [1.165, 1.54) is 12.1 Å². The third kappa shape index (κ3) is 3.04. The van der Waals surface area contributed by atoms with E-state index in [4.69, 9.17) is 9.11 Å². The van der Waals surface area contributed by atoms with E-state index >= 15 is 0 Å². The van der Waals surface area contributed by atoms with Crippen LogP contribution in [-0.4, -0.2) is 36.2 Å². The van der Waals surface area contributed by atoms with Crippen LogP contribution in [0.5, 0.6) is 11.5 Å². The molecular formula is C12H10O8S2. The predicted molar refractivity (Wildman–Crippen MR) is 74.8 cm³/mol. The lowest BCUT2D eigenvalue weighted by molar-refractivity contribution is 0.442. The molecule has 0 aliphatic carbocycles. The highest BCUT2D eigenvalue weighted by Gasteiger charge is 2.21. The maximum absolute atomic E-state index is 11.1. The Morgan fingerprint density at radius 3 is 1.95 bits per heavy atom. The zero-order chi connectivity index (χ0) is 16.7. The first-order valence-corrected chi connectivity index (χ1v) is 8.50. The van der Waals surface area contributed by atoms with Gasteiger partial charge in [-0.15, -0.1) is 0 Å². The fourth-order valence-corrected chi connectivity index (χ4v) is 2.95. The lowest BCUT2D eigenvalue weighted by Gasteiger charge is -2.10. The van der Waals surface area contributed by atoms with Crippen LogP contribution in [0.4, 0.5) is 0 Å². The minimum atomic E-state index is -4.71. The Morgan fingerprint density at radius 1 is 0.773 bits per heavy atom. The second-order valence-electron chi connectivity index (χ2n) is 4.28. The number of rotatable bonds is 3. The second kappa shape index (κ2) is 5.25. The van der Waals surface area contributed by atoms with Gasteiger partial charge in [0.15, 0.2) is 0 Å². The Balaban J connectivity index is 2.78. The van der Waals surface area contributed by atoms with Crippen molar-refractivity contribution >= 4 is 20.2 Å². The van der Waals surface area contributed by atoms with Gasteiger partial charge < -0.3 is 10.2 Å². The van der Waals surface area contributed by atoms with E-state index < -0.39 is 41.5 Å². The summed E-state index contributed by atoms with van der Waals surface area (Å²) in [5, 5.41) is 19.7. The number of para-hydroxylation sites is 1. The molecular weight excluding hydrogens is 336 g/mol. The molecule has 4 N–H and O–H groups in total. The fraction of sp³-hybridized carbons (Fsp3) is 0. The van der Waals surface area contributed by atoms with Crippen molar-refractivity contribution in [2.75, 3.05) is 0 Å². The standard InChI is InChI=1S/C12H10O8S2/c13-10-5-4-7(21(15,16)17)6-9(10)8-2-1-3-11(12(8)14)22(18,19)20/h1-6,13-14H,(H,15,16,17)(H,18,19,20). The number of hydrogen-bond donors (Lipinski definition) is 4. The minimum absolute atomic E-state index is 0.238. The van der Waals surface area contributed by atoms with Gasteiger partial charge in [0.2, 0.25) is 0 Å². The Hall–Kier alpha value is -2.14. The number of phenols is 2. The quantitative estimate of drug-likeness (QED) is 0.607. The molecule has 8 nitrogen and oxygen atoms in total. The highest BCUT2D eigenvalue weighted by molar-refractivity contribution is 7.86. The van der Waals surface area contributed by atoms with Crippen LogP contribution >= 0.6 is 0 Å². The molecule has 2 aromatic carbocycles. The van der Waals surface area contributed by atoms with Gasteiger partial charge in [0, 0.05) is 11.1 Å². The molecule has 0 spiro atoms. The van der Waals surface area contributed by atoms with Crippen molar-refractivity contribution in [3.05, 3.63) is 36.4 Å². The summed E-state index contributed by atoms with van der Waals surface area (Å²) >= 11 is 0. The predicted octanol–water partition coefficient (Wildman–Crippen LogP) is 1.26. The molecule has 22 heavy (non-hydrogen) atoms. The SMILES string of the molecule is O=S(=O)(O)c1ccc(O)c(-c2cccc(S(=O)(=O)O)c2O)c1. The first kappa shape index (κ1) is 16.2. The third-order valence-electron chi connectivity index (χ3n) is 2.83. The van der Waals surface area contributed by atoms with Crippen LogP contribution < -0.4 is 0 Å². The minimum Gasteiger partial charge on any atom is -0.507 e. The van der Waals surface area contributed by atoms with Crippen molar-refractivity contribution in [1.82, 2.24) is 0 Å². The Morgan fingerprint density at radius 2 is 1.41 bits per heavy atom. The third-order valence-corrected chi connectivity index (χ3v) is 4.57. The molecule has 0 atom stereocenters. The van der Waals surface area contributed by atoms with E-state index in [2.05, 4.69) is 0 Å². The summed E-state index contributed by atoms with van der Waals surface area (Å²) in [4.78, 5) is -1.36. The lowest BCUT2D eigenvalue weighted by atomic mass is 10.0. The van der Waals surface area contributed by atoms with Gasteiger partial charge in [0.1, 0.15) is 16.4 Å². The summed E-state index contributed by atoms with van der Waals surface area (Å²) in [6, 6.07) is 6.05. The zero-order valence-corrected chi connectivity index (χ0v) is 12.3. The van der Waals surface area contributed by atoms with Crippen molar-refractivity contribution in [3.8, 4) is 22.6 Å². The lowest BCUT2D eigenvalue weighted by Crippen LogP contribution is -2.00. The summed E-state index contributed by atoms with van der Waals surface area (Å²) < 4.78 is 62.5. The van der Waals surface area contributed by atoms with Crippen LogP contribution in [0, 0.1) is 0 Å². The van der Waals surface area contributed by atoms with Crippen molar-refractivity contribution < 1.29 is 36.2 Å². The number of benzene rings is 2. The zero-order valence-electron chi connectivity index (χ0n) is 10.7. The van der Waals surface area contributed by atoms with Crippen LogP contribution in [-0.2, 0) is 20.2 Å². The summed E-state index contributed by atoms with van der Waals surface area (Å²) in [6.07, 6.45) is 0. The molecule has 0 unspecified atom stereocenters. The van der Waals surface area contributed by atoms with Crippen molar-refractivity contribution in [2.24, 2.45) is 0 Å². The van der Waals surface area contributed by atoms with Crippen LogP contribution in [0.3, 0.4) is 0 Å². The Kier molecular flexibility index (Phi) is 3.87. The molecule has 2 aromatic rings. The van der Waals surface area contributed by atoms with Crippen LogP contribution in [0.1, 0.15) is 0 Å². The van der Waals surface area contributed by atoms with Gasteiger partial charge >= 0.3 is 0 Å². The van der Waals surface area contributed by atoms with Crippen molar-refractivity contribution in [1.29, 1.82) is 0 Å². The highest BCUT2D eigenvalue weighted by atomic mass is 32.2. The van der Waals surface area contributed by atoms with E-state index in [9.17, 15) is 27.0 Å². The van der Waals surface area contributed by atoms with Crippen molar-refractivity contribution in [3.63, 3.8) is 0 Å². The highest BCUT2D eigenvalue weighted by Crippen LogP contribution is 2.39. The molecule has 0 radical (unpaired) electrons. The molecule has 0 fully saturated rings. The molecule has 118 valence electrons. The molecule has 2 rings (SSSR count). The molecule has 0 saturated heterocycles. The first-order valence-electron chi connectivity index (χ1n) is 5.62. The van der Waals surface area contributed by atoms with Gasteiger partial charge in [-0.25, -0.2) is 0 Å². The Labute approximate surface area is 125 Å². The average molecular weight is 346 g/mol. The molecule has 10 heteroatoms. The van der Waals surface area contributed by atoms with Crippen molar-refractivity contribution in [2.45, 2.75) is 9.79 Å². The largest absolute Gasteiger partial charge is 0.507 e. The number of aromatic hydroxyl groups is 2. The van der Waals surface area contributed by atoms with Gasteiger partial charge in [-0.05, 0) is 24.3 Å². The monoisotopic (exact) mass is 346 g/mol. The van der Waals surface area contributed by atoms with Crippen LogP contribution in [0.2, 0.25) is 0 Å². The van der Waals surface area contributed by atoms with E-state index in [0.717, 1.165) is 24.3 Å². The van der Waals surface area contributed by atoms with Crippen LogP contribution in [0.15, 0.2) is 46.2 Å². The van der Waals surface area contributed by atoms with Gasteiger partial charge in [0.05, 0.1) is 4.90 Å². The maximum atomic E-state index is 11.1. The van der Waals surface area contributed by atoms with E-state index in [0.29, 0.717) is 0 Å². The molecule has 0 saturated carbocycles. The van der Waals surface area contributed by atoms with Gasteiger partial charge in [-0.2, -0.15) is 16.8 Å². The molecule has 0 bridgehead atoms. The van der Waals surface area contributed by atoms with Crippen LogP contribution in [0.25, 0.3) is 11.1 Å². The van der Waals surface area contributed by atoms with E-state index in [-0.39, 0.29) is 11.1 Å². The molecule has 0 aromatic heterocycles. The van der Waals surface area contributed by atoms with E-state index in [1.807, 2.05) is 0 Å².